The fourth-order valence-electron chi connectivity index (χ4n) is 5.07. The van der Waals surface area contributed by atoms with E-state index >= 15 is 0 Å². The minimum absolute atomic E-state index is 0.0238. The molecule has 1 amide bonds. The Bertz CT molecular complexity index is 1780. The first-order valence-electron chi connectivity index (χ1n) is 14.4. The average molecular weight is 648 g/mol. The van der Waals surface area contributed by atoms with Gasteiger partial charge in [0.2, 0.25) is 0 Å². The number of aliphatic hydroxyl groups is 3. The SMILES string of the molecule is Cn1c(CNc2ccc(C(=N)N)cc2)nc2cc(C(=O)N(CCC(=O)O[C@H]3C(O)[C@@H](O)C(O)O[C@@H]3C(=O)O)c3ccccn3)ccc21. The second-order valence-corrected chi connectivity index (χ2v) is 10.8. The molecule has 246 valence electrons. The summed E-state index contributed by atoms with van der Waals surface area (Å²) in [7, 11) is 1.85. The molecule has 0 radical (unpaired) electrons. The molecule has 3 heterocycles. The number of hydrogen-bond donors (Lipinski definition) is 7. The van der Waals surface area contributed by atoms with Crippen molar-refractivity contribution in [2.24, 2.45) is 12.8 Å². The lowest BCUT2D eigenvalue weighted by atomic mass is 9.98. The van der Waals surface area contributed by atoms with E-state index in [0.717, 1.165) is 11.2 Å². The number of imidazole rings is 1. The summed E-state index contributed by atoms with van der Waals surface area (Å²) >= 11 is 0. The van der Waals surface area contributed by atoms with Gasteiger partial charge in [-0.2, -0.15) is 0 Å². The molecule has 0 aliphatic carbocycles. The van der Waals surface area contributed by atoms with Gasteiger partial charge >= 0.3 is 11.9 Å². The summed E-state index contributed by atoms with van der Waals surface area (Å²) < 4.78 is 11.8. The number of nitrogens with two attached hydrogens (primary N) is 1. The molecule has 2 aromatic carbocycles. The van der Waals surface area contributed by atoms with Crippen LogP contribution in [-0.4, -0.2) is 95.9 Å². The van der Waals surface area contributed by atoms with Gasteiger partial charge in [0.15, 0.2) is 18.5 Å². The van der Waals surface area contributed by atoms with Gasteiger partial charge < -0.3 is 45.5 Å². The van der Waals surface area contributed by atoms with Crippen LogP contribution in [0.3, 0.4) is 0 Å². The lowest BCUT2D eigenvalue weighted by Gasteiger charge is -2.38. The van der Waals surface area contributed by atoms with Crippen LogP contribution in [0, 0.1) is 5.41 Å². The Labute approximate surface area is 267 Å². The number of aryl methyl sites for hydroxylation is 1. The van der Waals surface area contributed by atoms with E-state index in [1.165, 1.54) is 11.1 Å². The zero-order chi connectivity index (χ0) is 33.8. The third-order valence-electron chi connectivity index (χ3n) is 7.65. The number of nitrogens with one attached hydrogen (secondary N) is 2. The number of benzene rings is 2. The molecule has 1 aliphatic rings. The first kappa shape index (κ1) is 33.0. The van der Waals surface area contributed by atoms with E-state index in [2.05, 4.69) is 10.3 Å². The van der Waals surface area contributed by atoms with Crippen LogP contribution in [0.4, 0.5) is 11.5 Å². The topological polar surface area (TPSA) is 246 Å². The van der Waals surface area contributed by atoms with E-state index in [1.807, 2.05) is 11.6 Å². The van der Waals surface area contributed by atoms with Gasteiger partial charge in [-0.3, -0.25) is 19.9 Å². The van der Waals surface area contributed by atoms with E-state index in [1.54, 1.807) is 60.7 Å². The Hall–Kier alpha value is -5.42. The summed E-state index contributed by atoms with van der Waals surface area (Å²) in [5.74, 6) is -2.22. The first-order valence-corrected chi connectivity index (χ1v) is 14.4. The summed E-state index contributed by atoms with van der Waals surface area (Å²) in [6, 6.07) is 17.0. The molecule has 2 aromatic heterocycles. The summed E-state index contributed by atoms with van der Waals surface area (Å²) in [5, 5.41) is 50.1. The number of aromatic nitrogens is 3. The van der Waals surface area contributed by atoms with Gasteiger partial charge in [0, 0.05) is 36.6 Å². The summed E-state index contributed by atoms with van der Waals surface area (Å²) in [4.78, 5) is 48.4. The third-order valence-corrected chi connectivity index (χ3v) is 7.65. The molecule has 5 atom stereocenters. The zero-order valence-electron chi connectivity index (χ0n) is 25.1. The van der Waals surface area contributed by atoms with Crippen LogP contribution in [0.5, 0.6) is 0 Å². The molecule has 2 unspecified atom stereocenters. The lowest BCUT2D eigenvalue weighted by molar-refractivity contribution is -0.283. The molecule has 47 heavy (non-hydrogen) atoms. The van der Waals surface area contributed by atoms with Crippen molar-refractivity contribution >= 4 is 46.2 Å². The molecule has 4 aromatic rings. The van der Waals surface area contributed by atoms with Crippen molar-refractivity contribution in [2.45, 2.75) is 43.7 Å². The summed E-state index contributed by atoms with van der Waals surface area (Å²) in [5.41, 5.74) is 8.51. The van der Waals surface area contributed by atoms with Crippen LogP contribution in [0.15, 0.2) is 66.9 Å². The number of rotatable bonds is 11. The van der Waals surface area contributed by atoms with Crippen LogP contribution in [0.2, 0.25) is 0 Å². The van der Waals surface area contributed by atoms with E-state index in [-0.39, 0.29) is 23.8 Å². The Morgan fingerprint density at radius 1 is 1.06 bits per heavy atom. The van der Waals surface area contributed by atoms with Crippen molar-refractivity contribution in [3.63, 3.8) is 0 Å². The molecule has 8 N–H and O–H groups in total. The van der Waals surface area contributed by atoms with E-state index < -0.39 is 55.0 Å². The number of amidine groups is 1. The number of pyridine rings is 1. The van der Waals surface area contributed by atoms with Crippen LogP contribution < -0.4 is 16.0 Å². The minimum Gasteiger partial charge on any atom is -0.479 e. The number of amides is 1. The molecule has 0 saturated carbocycles. The number of carbonyl (C=O) groups is 3. The molecule has 5 rings (SSSR count). The maximum absolute atomic E-state index is 13.8. The number of nitrogens with zero attached hydrogens (tertiary/aromatic N) is 4. The number of hydrogen-bond acceptors (Lipinski definition) is 12. The van der Waals surface area contributed by atoms with Gasteiger partial charge in [0.1, 0.15) is 29.7 Å². The smallest absolute Gasteiger partial charge is 0.336 e. The number of carbonyl (C=O) groups excluding carboxylic acids is 2. The molecule has 0 spiro atoms. The normalized spacial score (nSPS) is 20.8. The van der Waals surface area contributed by atoms with Crippen molar-refractivity contribution in [1.29, 1.82) is 5.41 Å². The monoisotopic (exact) mass is 647 g/mol. The third kappa shape index (κ3) is 7.20. The fraction of sp³-hybridized carbons (Fsp3) is 0.290. The maximum Gasteiger partial charge on any atom is 0.336 e. The first-order chi connectivity index (χ1) is 22.4. The molecular weight excluding hydrogens is 614 g/mol. The second-order valence-electron chi connectivity index (χ2n) is 10.8. The van der Waals surface area contributed by atoms with Crippen LogP contribution in [0.1, 0.15) is 28.2 Å². The zero-order valence-corrected chi connectivity index (χ0v) is 25.1. The Balaban J connectivity index is 1.31. The average Bonchev–Trinajstić information content (AvgIpc) is 3.38. The summed E-state index contributed by atoms with van der Waals surface area (Å²) in [6.07, 6.45) is -8.55. The number of ether oxygens (including phenoxy) is 2. The number of esters is 1. The largest absolute Gasteiger partial charge is 0.479 e. The predicted molar refractivity (Wildman–Crippen MR) is 166 cm³/mol. The highest BCUT2D eigenvalue weighted by Gasteiger charge is 2.49. The van der Waals surface area contributed by atoms with Crippen LogP contribution in [0.25, 0.3) is 11.0 Å². The second kappa shape index (κ2) is 13.9. The molecule has 1 fully saturated rings. The number of nitrogen functional groups attached to an aromatic ring is 1. The van der Waals surface area contributed by atoms with Crippen molar-refractivity contribution in [1.82, 2.24) is 14.5 Å². The predicted octanol–water partition coefficient (Wildman–Crippen LogP) is 0.337. The Morgan fingerprint density at radius 3 is 2.45 bits per heavy atom. The molecular formula is C31H33N7O9. The number of carboxylic acid groups (broad SMARTS) is 1. The van der Waals surface area contributed by atoms with Crippen molar-refractivity contribution in [3.8, 4) is 0 Å². The number of aliphatic carboxylic acids is 1. The van der Waals surface area contributed by atoms with Crippen molar-refractivity contribution < 1.29 is 44.3 Å². The number of carboxylic acids is 1. The van der Waals surface area contributed by atoms with Gasteiger partial charge in [0.25, 0.3) is 5.91 Å². The highest BCUT2D eigenvalue weighted by Crippen LogP contribution is 2.25. The maximum atomic E-state index is 13.8. The standard InChI is InChI=1S/C31H33N7O9/c1-37-20-10-7-17(14-19(20)36-22(37)15-35-18-8-5-16(6-9-18)28(32)33)29(42)38(21-4-2-3-12-34-21)13-11-23(39)46-26-24(40)25(41)31(45)47-27(26)30(43)44/h2-10,12,14,24-27,31,35,40-41,45H,11,13,15H2,1H3,(H3,32,33)(H,43,44)/t24?,25-,26+,27+,31?/m1/s1. The van der Waals surface area contributed by atoms with Gasteiger partial charge in [-0.25, -0.2) is 14.8 Å². The Morgan fingerprint density at radius 2 is 1.79 bits per heavy atom. The van der Waals surface area contributed by atoms with E-state index in [4.69, 9.17) is 25.6 Å². The highest BCUT2D eigenvalue weighted by molar-refractivity contribution is 6.07. The van der Waals surface area contributed by atoms with Crippen molar-refractivity contribution in [3.05, 3.63) is 83.8 Å². The minimum atomic E-state index is -1.99. The van der Waals surface area contributed by atoms with Gasteiger partial charge in [0.05, 0.1) is 24.0 Å². The fourth-order valence-corrected chi connectivity index (χ4v) is 5.07. The van der Waals surface area contributed by atoms with Crippen LogP contribution in [-0.2, 0) is 32.7 Å². The number of aliphatic hydroxyl groups excluding tert-OH is 3. The quantitative estimate of drug-likeness (QED) is 0.0660. The van der Waals surface area contributed by atoms with Crippen molar-refractivity contribution in [2.75, 3.05) is 16.8 Å². The van der Waals surface area contributed by atoms with E-state index in [0.29, 0.717) is 23.4 Å². The summed E-state index contributed by atoms with van der Waals surface area (Å²) in [6.45, 7) is 0.134. The Kier molecular flexibility index (Phi) is 9.76. The van der Waals surface area contributed by atoms with Crippen LogP contribution >= 0.6 is 0 Å². The lowest BCUT2D eigenvalue weighted by Crippen LogP contribution is -2.61. The van der Waals surface area contributed by atoms with Gasteiger partial charge in [-0.05, 0) is 54.6 Å². The van der Waals surface area contributed by atoms with Gasteiger partial charge in [-0.1, -0.05) is 6.07 Å². The highest BCUT2D eigenvalue weighted by atomic mass is 16.7. The molecule has 1 saturated heterocycles. The number of fused-ring (bicyclic) bond motifs is 1. The molecule has 0 bridgehead atoms. The molecule has 16 nitrogen and oxygen atoms in total. The van der Waals surface area contributed by atoms with Gasteiger partial charge in [-0.15, -0.1) is 0 Å². The van der Waals surface area contributed by atoms with E-state index in [9.17, 15) is 34.8 Å². The molecule has 1 aliphatic heterocycles. The molecule has 16 heteroatoms. The number of anilines is 2.